The molecule has 0 radical (unpaired) electrons. The van der Waals surface area contributed by atoms with Gasteiger partial charge in [0.25, 0.3) is 0 Å². The number of rotatable bonds is 22. The van der Waals surface area contributed by atoms with Crippen LogP contribution in [0.3, 0.4) is 0 Å². The van der Waals surface area contributed by atoms with Crippen molar-refractivity contribution in [2.45, 2.75) is 118 Å². The molecule has 0 aromatic carbocycles. The average molecular weight is 451 g/mol. The molecule has 0 aliphatic rings. The third kappa shape index (κ3) is 13.3. The van der Waals surface area contributed by atoms with E-state index in [0.29, 0.717) is 19.8 Å². The first-order valence-corrected chi connectivity index (χ1v) is 16.2. The van der Waals surface area contributed by atoms with Gasteiger partial charge in [-0.05, 0) is 37.8 Å². The highest BCUT2D eigenvalue weighted by Crippen LogP contribution is 2.29. The topological polar surface area (TPSA) is 46.2 Å². The highest BCUT2D eigenvalue weighted by atomic mass is 28.5. The third-order valence-corrected chi connectivity index (χ3v) is 12.2. The molecule has 0 amide bonds. The highest BCUT2D eigenvalue weighted by molar-refractivity contribution is 6.76. The van der Waals surface area contributed by atoms with E-state index in [1.165, 1.54) is 0 Å². The Bertz CT molecular complexity index is 326. The van der Waals surface area contributed by atoms with Gasteiger partial charge in [0.1, 0.15) is 0 Å². The zero-order chi connectivity index (χ0) is 21.8. The van der Waals surface area contributed by atoms with Gasteiger partial charge in [-0.3, -0.25) is 0 Å². The van der Waals surface area contributed by atoms with Gasteiger partial charge in [-0.15, -0.1) is 0 Å². The van der Waals surface area contributed by atoms with E-state index in [9.17, 15) is 0 Å². The minimum atomic E-state index is -3.24. The molecule has 7 heteroatoms. The summed E-state index contributed by atoms with van der Waals surface area (Å²) in [6, 6.07) is 1.93. The normalized spacial score (nSPS) is 12.6. The van der Waals surface area contributed by atoms with Gasteiger partial charge in [0, 0.05) is 26.4 Å². The molecule has 5 nitrogen and oxygen atoms in total. The monoisotopic (exact) mass is 450 g/mol. The molecule has 29 heavy (non-hydrogen) atoms. The van der Waals surface area contributed by atoms with E-state index in [0.717, 1.165) is 82.9 Å². The fourth-order valence-corrected chi connectivity index (χ4v) is 10.6. The zero-order valence-electron chi connectivity index (χ0n) is 20.4. The second kappa shape index (κ2) is 19.0. The van der Waals surface area contributed by atoms with E-state index in [1.807, 2.05) is 0 Å². The third-order valence-electron chi connectivity index (χ3n) is 4.77. The predicted octanol–water partition coefficient (Wildman–Crippen LogP) is 6.97. The molecule has 0 saturated heterocycles. The van der Waals surface area contributed by atoms with Crippen LogP contribution in [0.2, 0.25) is 12.1 Å². The van der Waals surface area contributed by atoms with Crippen LogP contribution in [-0.4, -0.2) is 44.0 Å². The van der Waals surface area contributed by atoms with Crippen molar-refractivity contribution < 1.29 is 21.8 Å². The number of hydrogen-bond acceptors (Lipinski definition) is 5. The van der Waals surface area contributed by atoms with Crippen molar-refractivity contribution >= 4 is 17.6 Å². The van der Waals surface area contributed by atoms with E-state index in [-0.39, 0.29) is 0 Å². The molecule has 0 atom stereocenters. The molecule has 0 aliphatic carbocycles. The smallest absolute Gasteiger partial charge is 0.395 e. The van der Waals surface area contributed by atoms with Crippen LogP contribution in [0.15, 0.2) is 0 Å². The van der Waals surface area contributed by atoms with Crippen molar-refractivity contribution in [3.63, 3.8) is 0 Å². The fraction of sp³-hybridized carbons (Fsp3) is 1.00. The standard InChI is InChI=1S/C22H50O5Si2/c1-7-13-17-23-28(21-11-5,22-12-6)27-29(24-18-14-8-2,25-19-15-9-3)26-20-16-10-4/h7-22H2,1-6H3. The maximum atomic E-state index is 6.88. The Balaban J connectivity index is 5.64. The molecule has 0 rings (SSSR count). The quantitative estimate of drug-likeness (QED) is 0.132. The summed E-state index contributed by atoms with van der Waals surface area (Å²) < 4.78 is 32.5. The Kier molecular flexibility index (Phi) is 19.1. The van der Waals surface area contributed by atoms with Crippen molar-refractivity contribution in [1.82, 2.24) is 0 Å². The molecule has 0 aliphatic heterocycles. The maximum Gasteiger partial charge on any atom is 0.670 e. The van der Waals surface area contributed by atoms with Crippen molar-refractivity contribution in [3.05, 3.63) is 0 Å². The molecular weight excluding hydrogens is 400 g/mol. The van der Waals surface area contributed by atoms with Gasteiger partial charge >= 0.3 is 17.6 Å². The van der Waals surface area contributed by atoms with E-state index in [4.69, 9.17) is 21.8 Å². The van der Waals surface area contributed by atoms with Crippen molar-refractivity contribution in [2.75, 3.05) is 26.4 Å². The summed E-state index contributed by atoms with van der Waals surface area (Å²) >= 11 is 0. The van der Waals surface area contributed by atoms with Gasteiger partial charge in [0.15, 0.2) is 0 Å². The SMILES string of the molecule is CCCCO[Si](CCC)(CCC)O[Si](OCCCC)(OCCCC)OCCCC. The Labute approximate surface area is 183 Å². The first-order chi connectivity index (χ1) is 14.1. The van der Waals surface area contributed by atoms with Crippen LogP contribution in [0.1, 0.15) is 106 Å². The summed E-state index contributed by atoms with van der Waals surface area (Å²) in [7, 11) is -5.70. The lowest BCUT2D eigenvalue weighted by Gasteiger charge is -2.38. The van der Waals surface area contributed by atoms with Crippen LogP contribution < -0.4 is 0 Å². The molecule has 0 aromatic rings. The zero-order valence-corrected chi connectivity index (χ0v) is 22.4. The molecule has 0 aromatic heterocycles. The Morgan fingerprint density at radius 3 is 1.10 bits per heavy atom. The molecule has 0 saturated carbocycles. The van der Waals surface area contributed by atoms with E-state index in [2.05, 4.69) is 41.5 Å². The van der Waals surface area contributed by atoms with Gasteiger partial charge in [0.2, 0.25) is 0 Å². The van der Waals surface area contributed by atoms with Crippen LogP contribution in [0.4, 0.5) is 0 Å². The van der Waals surface area contributed by atoms with Gasteiger partial charge in [0.05, 0.1) is 0 Å². The maximum absolute atomic E-state index is 6.88. The molecule has 0 spiro atoms. The highest BCUT2D eigenvalue weighted by Gasteiger charge is 2.54. The summed E-state index contributed by atoms with van der Waals surface area (Å²) in [6.45, 7) is 15.8. The molecule has 0 heterocycles. The molecule has 176 valence electrons. The minimum Gasteiger partial charge on any atom is -0.395 e. The van der Waals surface area contributed by atoms with E-state index < -0.39 is 17.6 Å². The summed E-state index contributed by atoms with van der Waals surface area (Å²) in [5.41, 5.74) is 0. The van der Waals surface area contributed by atoms with Crippen LogP contribution in [0.5, 0.6) is 0 Å². The van der Waals surface area contributed by atoms with E-state index in [1.54, 1.807) is 0 Å². The number of hydrogen-bond donors (Lipinski definition) is 0. The van der Waals surface area contributed by atoms with Gasteiger partial charge < -0.3 is 21.8 Å². The van der Waals surface area contributed by atoms with Crippen LogP contribution >= 0.6 is 0 Å². The Hall–Kier alpha value is 0.234. The molecule has 0 bridgehead atoms. The first-order valence-electron chi connectivity index (χ1n) is 12.3. The lowest BCUT2D eigenvalue weighted by molar-refractivity contribution is -0.0142. The molecule has 0 fully saturated rings. The lowest BCUT2D eigenvalue weighted by Crippen LogP contribution is -2.59. The first kappa shape index (κ1) is 29.2. The van der Waals surface area contributed by atoms with Crippen molar-refractivity contribution in [1.29, 1.82) is 0 Å². The molecule has 0 unspecified atom stereocenters. The second-order valence-electron chi connectivity index (χ2n) is 7.82. The van der Waals surface area contributed by atoms with Crippen molar-refractivity contribution in [2.24, 2.45) is 0 Å². The minimum absolute atomic E-state index is 0.624. The molecular formula is C22H50O5Si2. The van der Waals surface area contributed by atoms with Crippen LogP contribution in [0.25, 0.3) is 0 Å². The van der Waals surface area contributed by atoms with E-state index >= 15 is 0 Å². The van der Waals surface area contributed by atoms with Crippen LogP contribution in [0, 0.1) is 0 Å². The Morgan fingerprint density at radius 2 is 0.793 bits per heavy atom. The van der Waals surface area contributed by atoms with Gasteiger partial charge in [-0.25, -0.2) is 0 Å². The fourth-order valence-electron chi connectivity index (χ4n) is 3.03. The number of unbranched alkanes of at least 4 members (excludes halogenated alkanes) is 4. The second-order valence-corrected chi connectivity index (χ2v) is 13.6. The summed E-state index contributed by atoms with van der Waals surface area (Å²) in [5, 5.41) is 0. The summed E-state index contributed by atoms with van der Waals surface area (Å²) in [6.07, 6.45) is 10.5. The predicted molar refractivity (Wildman–Crippen MR) is 126 cm³/mol. The summed E-state index contributed by atoms with van der Waals surface area (Å²) in [5.74, 6) is 0. The lowest BCUT2D eigenvalue weighted by atomic mass is 10.4. The van der Waals surface area contributed by atoms with Gasteiger partial charge in [-0.1, -0.05) is 80.1 Å². The average Bonchev–Trinajstić information content (AvgIpc) is 2.69. The largest absolute Gasteiger partial charge is 0.670 e. The molecule has 0 N–H and O–H groups in total. The van der Waals surface area contributed by atoms with Gasteiger partial charge in [-0.2, -0.15) is 0 Å². The van der Waals surface area contributed by atoms with Crippen LogP contribution in [-0.2, 0) is 21.8 Å². The Morgan fingerprint density at radius 1 is 0.448 bits per heavy atom. The van der Waals surface area contributed by atoms with Crippen molar-refractivity contribution in [3.8, 4) is 0 Å². The summed E-state index contributed by atoms with van der Waals surface area (Å²) in [4.78, 5) is 0.